The van der Waals surface area contributed by atoms with E-state index in [4.69, 9.17) is 23.0 Å². The van der Waals surface area contributed by atoms with Gasteiger partial charge in [-0.2, -0.15) is 0 Å². The second-order valence-corrected chi connectivity index (χ2v) is 21.1. The molecule has 6 aromatic carbocycles. The zero-order valence-electron chi connectivity index (χ0n) is 43.7. The lowest BCUT2D eigenvalue weighted by Gasteiger charge is -2.13. The summed E-state index contributed by atoms with van der Waals surface area (Å²) in [5, 5.41) is 15.6. The molecule has 378 valence electrons. The van der Waals surface area contributed by atoms with Crippen LogP contribution in [0.2, 0.25) is 0 Å². The Morgan fingerprint density at radius 2 is 0.784 bits per heavy atom. The van der Waals surface area contributed by atoms with Crippen molar-refractivity contribution < 1.29 is 23.0 Å². The molecule has 0 amide bonds. The van der Waals surface area contributed by atoms with E-state index in [1.54, 1.807) is 0 Å². The smallest absolute Gasteiger partial charge is 0.167 e. The molecule has 2 atom stereocenters. The van der Waals surface area contributed by atoms with Crippen molar-refractivity contribution in [2.75, 3.05) is 13.2 Å². The van der Waals surface area contributed by atoms with Gasteiger partial charge in [0.1, 0.15) is 28.6 Å². The highest BCUT2D eigenvalue weighted by molar-refractivity contribution is 6.11. The average Bonchev–Trinajstić information content (AvgIpc) is 4.27. The van der Waals surface area contributed by atoms with E-state index in [1.807, 2.05) is 72.8 Å². The van der Waals surface area contributed by atoms with Gasteiger partial charge >= 0.3 is 0 Å². The summed E-state index contributed by atoms with van der Waals surface area (Å²) in [7, 11) is 0. The van der Waals surface area contributed by atoms with E-state index in [1.165, 1.54) is 38.5 Å². The van der Waals surface area contributed by atoms with Crippen LogP contribution in [0, 0.1) is 23.7 Å². The zero-order chi connectivity index (χ0) is 51.0. The summed E-state index contributed by atoms with van der Waals surface area (Å²) in [6.07, 6.45) is 9.72. The third kappa shape index (κ3) is 11.9. The van der Waals surface area contributed by atoms with Crippen LogP contribution in [0.15, 0.2) is 171 Å². The van der Waals surface area contributed by atoms with E-state index < -0.39 is 0 Å². The summed E-state index contributed by atoms with van der Waals surface area (Å²) in [4.78, 5) is 0. The third-order valence-corrected chi connectivity index (χ3v) is 14.4. The van der Waals surface area contributed by atoms with Gasteiger partial charge in [0, 0.05) is 68.0 Å². The summed E-state index contributed by atoms with van der Waals surface area (Å²) in [6.45, 7) is 15.2. The van der Waals surface area contributed by atoms with Crippen LogP contribution >= 0.6 is 0 Å². The number of benzene rings is 6. The largest absolute Gasteiger partial charge is 0.494 e. The van der Waals surface area contributed by atoms with Gasteiger partial charge in [0.25, 0.3) is 0 Å². The van der Waals surface area contributed by atoms with Crippen LogP contribution in [-0.4, -0.2) is 33.3 Å². The molecule has 4 heterocycles. The monoisotopic (exact) mass is 985 g/mol. The molecule has 0 N–H and O–H groups in total. The van der Waals surface area contributed by atoms with E-state index in [-0.39, 0.29) is 0 Å². The van der Waals surface area contributed by atoms with Gasteiger partial charge in [-0.1, -0.05) is 138 Å². The van der Waals surface area contributed by atoms with Crippen LogP contribution in [-0.2, 0) is 0 Å². The maximum Gasteiger partial charge on any atom is 0.167 e. The Hall–Kier alpha value is -7.65. The van der Waals surface area contributed by atoms with E-state index in [0.717, 1.165) is 120 Å². The van der Waals surface area contributed by atoms with Gasteiger partial charge in [-0.25, -0.2) is 0 Å². The van der Waals surface area contributed by atoms with E-state index in [2.05, 4.69) is 147 Å². The SMILES string of the molecule is CC(C)CCC[C@@H](C)CCOc1ccc(-c2cc(-c3ccc4c(c3)c3cc(-c5cc(-c6ccc(OCC[C@H](C)CCCC(C)C)cc6)no5)ccc3n4-c3ccc(-c4cc(-c5ccccc5)on4)cc3)on2)cc1. The van der Waals surface area contributed by atoms with Crippen molar-refractivity contribution in [3.63, 3.8) is 0 Å². The van der Waals surface area contributed by atoms with E-state index in [9.17, 15) is 0 Å². The molecular weight excluding hydrogens is 917 g/mol. The van der Waals surface area contributed by atoms with Crippen molar-refractivity contribution in [2.24, 2.45) is 23.7 Å². The Kier molecular flexibility index (Phi) is 15.5. The summed E-state index contributed by atoms with van der Waals surface area (Å²) >= 11 is 0. The number of ether oxygens (including phenoxy) is 2. The molecule has 0 aliphatic carbocycles. The summed E-state index contributed by atoms with van der Waals surface area (Å²) < 4.78 is 32.5. The summed E-state index contributed by atoms with van der Waals surface area (Å²) in [5.41, 5.74) is 11.1. The molecule has 0 saturated heterocycles. The van der Waals surface area contributed by atoms with Crippen molar-refractivity contribution in [1.29, 1.82) is 0 Å². The van der Waals surface area contributed by atoms with Crippen LogP contribution in [0.4, 0.5) is 0 Å². The highest BCUT2D eigenvalue weighted by Crippen LogP contribution is 2.39. The van der Waals surface area contributed by atoms with Gasteiger partial charge in [0.2, 0.25) is 0 Å². The van der Waals surface area contributed by atoms with E-state index in [0.29, 0.717) is 36.6 Å². The number of nitrogens with zero attached hydrogens (tertiary/aromatic N) is 4. The first kappa shape index (κ1) is 49.9. The van der Waals surface area contributed by atoms with Gasteiger partial charge in [0.05, 0.1) is 24.2 Å². The van der Waals surface area contributed by atoms with Crippen molar-refractivity contribution in [1.82, 2.24) is 20.0 Å². The maximum absolute atomic E-state index is 6.15. The number of hydrogen-bond acceptors (Lipinski definition) is 8. The van der Waals surface area contributed by atoms with Crippen LogP contribution in [0.5, 0.6) is 11.5 Å². The first-order chi connectivity index (χ1) is 36.1. The van der Waals surface area contributed by atoms with Crippen molar-refractivity contribution >= 4 is 21.8 Å². The number of hydrogen-bond donors (Lipinski definition) is 0. The fraction of sp³-hybridized carbons (Fsp3) is 0.308. The molecule has 0 spiro atoms. The molecule has 74 heavy (non-hydrogen) atoms. The van der Waals surface area contributed by atoms with Crippen molar-refractivity contribution in [3.05, 3.63) is 158 Å². The molecule has 4 aromatic heterocycles. The molecule has 10 rings (SSSR count). The van der Waals surface area contributed by atoms with Gasteiger partial charge in [-0.3, -0.25) is 0 Å². The van der Waals surface area contributed by atoms with E-state index >= 15 is 0 Å². The first-order valence-electron chi connectivity index (χ1n) is 26.7. The van der Waals surface area contributed by atoms with Gasteiger partial charge < -0.3 is 27.6 Å². The Balaban J connectivity index is 0.902. The topological polar surface area (TPSA) is 101 Å². The lowest BCUT2D eigenvalue weighted by atomic mass is 9.98. The third-order valence-electron chi connectivity index (χ3n) is 14.4. The molecular formula is C65H68N4O5. The molecule has 10 aromatic rings. The number of rotatable bonds is 23. The fourth-order valence-electron chi connectivity index (χ4n) is 9.87. The minimum atomic E-state index is 0.650. The lowest BCUT2D eigenvalue weighted by Crippen LogP contribution is -2.04. The molecule has 9 nitrogen and oxygen atoms in total. The second-order valence-electron chi connectivity index (χ2n) is 21.1. The molecule has 0 radical (unpaired) electrons. The van der Waals surface area contributed by atoms with Crippen LogP contribution < -0.4 is 9.47 Å². The maximum atomic E-state index is 6.15. The van der Waals surface area contributed by atoms with Crippen LogP contribution in [0.25, 0.3) is 95.2 Å². The molecule has 0 aliphatic heterocycles. The Labute approximate surface area is 435 Å². The van der Waals surface area contributed by atoms with Crippen molar-refractivity contribution in [3.8, 4) is 84.9 Å². The number of fused-ring (bicyclic) bond motifs is 3. The molecule has 0 bridgehead atoms. The number of aromatic nitrogens is 4. The lowest BCUT2D eigenvalue weighted by molar-refractivity contribution is 0.275. The minimum Gasteiger partial charge on any atom is -0.494 e. The Morgan fingerprint density at radius 1 is 0.392 bits per heavy atom. The van der Waals surface area contributed by atoms with Gasteiger partial charge in [0.15, 0.2) is 17.3 Å². The van der Waals surface area contributed by atoms with Crippen LogP contribution in [0.3, 0.4) is 0 Å². The van der Waals surface area contributed by atoms with Gasteiger partial charge in [-0.15, -0.1) is 0 Å². The van der Waals surface area contributed by atoms with Gasteiger partial charge in [-0.05, 0) is 134 Å². The first-order valence-corrected chi connectivity index (χ1v) is 26.7. The zero-order valence-corrected chi connectivity index (χ0v) is 43.7. The molecule has 0 saturated carbocycles. The predicted octanol–water partition coefficient (Wildman–Crippen LogP) is 18.2. The molecule has 0 aliphatic rings. The molecule has 0 unspecified atom stereocenters. The normalized spacial score (nSPS) is 12.6. The Morgan fingerprint density at radius 3 is 1.20 bits per heavy atom. The standard InChI is InChI=1S/C65H68N4O5/c1-43(2)12-10-14-45(5)34-36-70-54-28-20-48(21-29-54)59-41-64(73-67-59)51-24-32-61-56(38-51)57-39-52(65-42-60(68-74-65)49-22-30-55(31-23-49)71-37-35-46(6)15-11-13-44(3)4)25-33-62(57)69(61)53-26-18-47(19-27-53)58-40-63(72-66-58)50-16-8-7-9-17-50/h7-9,16-33,38-46H,10-15,34-37H2,1-6H3/t45-,46-/m1/s1. The highest BCUT2D eigenvalue weighted by atomic mass is 16.5. The minimum absolute atomic E-state index is 0.650. The molecule has 0 fully saturated rings. The average molecular weight is 985 g/mol. The Bertz CT molecular complexity index is 3210. The van der Waals surface area contributed by atoms with Crippen molar-refractivity contribution in [2.45, 2.75) is 92.9 Å². The summed E-state index contributed by atoms with van der Waals surface area (Å²) in [5.74, 6) is 6.63. The predicted molar refractivity (Wildman–Crippen MR) is 300 cm³/mol. The van der Waals surface area contributed by atoms with Crippen LogP contribution in [0.1, 0.15) is 92.9 Å². The fourth-order valence-corrected chi connectivity index (χ4v) is 9.87. The quantitative estimate of drug-likeness (QED) is 0.0625. The molecule has 9 heteroatoms. The highest BCUT2D eigenvalue weighted by Gasteiger charge is 2.19. The summed E-state index contributed by atoms with van der Waals surface area (Å²) in [6, 6.07) is 53.7. The second kappa shape index (κ2) is 23.1.